The lowest BCUT2D eigenvalue weighted by Crippen LogP contribution is -2.20. The molecular formula is C15H11ClN4OS. The van der Waals surface area contributed by atoms with Crippen molar-refractivity contribution in [2.45, 2.75) is 0 Å². The van der Waals surface area contributed by atoms with E-state index in [1.807, 2.05) is 30.3 Å². The summed E-state index contributed by atoms with van der Waals surface area (Å²) < 4.78 is 4.13. The average molecular weight is 331 g/mol. The largest absolute Gasteiger partial charge is 0.326 e. The van der Waals surface area contributed by atoms with Gasteiger partial charge < -0.3 is 5.32 Å². The Morgan fingerprint density at radius 3 is 2.45 bits per heavy atom. The molecule has 0 aliphatic heterocycles. The lowest BCUT2D eigenvalue weighted by atomic mass is 10.2. The van der Waals surface area contributed by atoms with Crippen LogP contribution in [0, 0.1) is 0 Å². The normalized spacial score (nSPS) is 10.2. The molecule has 110 valence electrons. The van der Waals surface area contributed by atoms with Crippen LogP contribution in [-0.4, -0.2) is 15.4 Å². The predicted octanol–water partition coefficient (Wildman–Crippen LogP) is 4.50. The zero-order chi connectivity index (χ0) is 15.4. The number of urea groups is 1. The van der Waals surface area contributed by atoms with Crippen molar-refractivity contribution >= 4 is 40.8 Å². The molecule has 0 radical (unpaired) electrons. The summed E-state index contributed by atoms with van der Waals surface area (Å²) in [5.74, 6) is 0.273. The first kappa shape index (κ1) is 14.5. The molecule has 1 aromatic heterocycles. The molecule has 1 heterocycles. The minimum atomic E-state index is -0.403. The van der Waals surface area contributed by atoms with Crippen molar-refractivity contribution in [3.8, 4) is 10.6 Å². The minimum absolute atomic E-state index is 0.273. The number of hydrogen-bond donors (Lipinski definition) is 2. The molecule has 3 rings (SSSR count). The Morgan fingerprint density at radius 2 is 1.73 bits per heavy atom. The molecule has 0 aliphatic carbocycles. The predicted molar refractivity (Wildman–Crippen MR) is 89.4 cm³/mol. The number of carbonyl (C=O) groups excluding carboxylic acids is 1. The fourth-order valence-electron chi connectivity index (χ4n) is 1.77. The van der Waals surface area contributed by atoms with Gasteiger partial charge in [0.15, 0.2) is 0 Å². The number of aromatic nitrogens is 2. The van der Waals surface area contributed by atoms with Crippen molar-refractivity contribution in [2.75, 3.05) is 10.6 Å². The van der Waals surface area contributed by atoms with Gasteiger partial charge in [0.05, 0.1) is 0 Å². The Hall–Kier alpha value is -2.44. The number of nitrogens with one attached hydrogen (secondary N) is 2. The molecular weight excluding hydrogens is 320 g/mol. The molecule has 5 nitrogen and oxygen atoms in total. The topological polar surface area (TPSA) is 66.9 Å². The highest BCUT2D eigenvalue weighted by Crippen LogP contribution is 2.22. The average Bonchev–Trinajstić information content (AvgIpc) is 2.99. The lowest BCUT2D eigenvalue weighted by Gasteiger charge is -2.04. The molecule has 0 saturated heterocycles. The van der Waals surface area contributed by atoms with Crippen molar-refractivity contribution in [3.63, 3.8) is 0 Å². The number of carbonyl (C=O) groups is 1. The molecule has 2 N–H and O–H groups in total. The zero-order valence-corrected chi connectivity index (χ0v) is 12.9. The molecule has 2 amide bonds. The van der Waals surface area contributed by atoms with E-state index < -0.39 is 6.03 Å². The monoisotopic (exact) mass is 330 g/mol. The van der Waals surface area contributed by atoms with E-state index in [-0.39, 0.29) is 5.95 Å². The van der Waals surface area contributed by atoms with Crippen LogP contribution in [0.1, 0.15) is 0 Å². The number of amides is 2. The van der Waals surface area contributed by atoms with Crippen molar-refractivity contribution < 1.29 is 4.79 Å². The van der Waals surface area contributed by atoms with E-state index in [1.54, 1.807) is 24.3 Å². The third kappa shape index (κ3) is 3.60. The molecule has 0 spiro atoms. The minimum Gasteiger partial charge on any atom is -0.308 e. The number of rotatable bonds is 3. The third-order valence-electron chi connectivity index (χ3n) is 2.77. The van der Waals surface area contributed by atoms with Gasteiger partial charge in [-0.3, -0.25) is 5.32 Å². The maximum Gasteiger partial charge on any atom is 0.326 e. The van der Waals surface area contributed by atoms with Crippen molar-refractivity contribution in [2.24, 2.45) is 0 Å². The standard InChI is InChI=1S/C15H11ClN4OS/c16-11-6-8-12(9-7-11)17-15(21)19-14-18-13(22-20-14)10-4-2-1-3-5-10/h1-9H,(H2,17,19,20,21). The maximum absolute atomic E-state index is 11.9. The Labute approximate surface area is 136 Å². The second-order valence-corrected chi connectivity index (χ2v) is 5.56. The molecule has 0 fully saturated rings. The highest BCUT2D eigenvalue weighted by atomic mass is 35.5. The van der Waals surface area contributed by atoms with Crippen molar-refractivity contribution in [1.29, 1.82) is 0 Å². The van der Waals surface area contributed by atoms with Crippen LogP contribution in [0.4, 0.5) is 16.4 Å². The van der Waals surface area contributed by atoms with Gasteiger partial charge in [-0.2, -0.15) is 9.36 Å². The van der Waals surface area contributed by atoms with Crippen LogP contribution in [0.15, 0.2) is 54.6 Å². The van der Waals surface area contributed by atoms with E-state index in [0.29, 0.717) is 10.7 Å². The fraction of sp³-hybridized carbons (Fsp3) is 0. The molecule has 0 saturated carbocycles. The van der Waals surface area contributed by atoms with E-state index in [4.69, 9.17) is 11.6 Å². The Morgan fingerprint density at radius 1 is 1.00 bits per heavy atom. The molecule has 0 unspecified atom stereocenters. The van der Waals surface area contributed by atoms with Gasteiger partial charge in [-0.25, -0.2) is 4.79 Å². The number of halogens is 1. The van der Waals surface area contributed by atoms with Gasteiger partial charge in [-0.15, -0.1) is 0 Å². The maximum atomic E-state index is 11.9. The molecule has 0 aliphatic rings. The lowest BCUT2D eigenvalue weighted by molar-refractivity contribution is 0.262. The van der Waals surface area contributed by atoms with Crippen LogP contribution < -0.4 is 10.6 Å². The van der Waals surface area contributed by atoms with Crippen molar-refractivity contribution in [1.82, 2.24) is 9.36 Å². The van der Waals surface area contributed by atoms with E-state index in [2.05, 4.69) is 20.0 Å². The summed E-state index contributed by atoms with van der Waals surface area (Å²) in [6.45, 7) is 0. The fourth-order valence-corrected chi connectivity index (χ4v) is 2.52. The van der Waals surface area contributed by atoms with E-state index in [1.165, 1.54) is 11.5 Å². The summed E-state index contributed by atoms with van der Waals surface area (Å²) in [5, 5.41) is 6.65. The third-order valence-corrected chi connectivity index (χ3v) is 3.79. The summed E-state index contributed by atoms with van der Waals surface area (Å²) in [6.07, 6.45) is 0. The molecule has 0 bridgehead atoms. The second-order valence-electron chi connectivity index (χ2n) is 4.38. The van der Waals surface area contributed by atoms with Crippen LogP contribution in [0.2, 0.25) is 5.02 Å². The summed E-state index contributed by atoms with van der Waals surface area (Å²) in [7, 11) is 0. The van der Waals surface area contributed by atoms with Gasteiger partial charge in [0.1, 0.15) is 5.01 Å². The van der Waals surface area contributed by atoms with Crippen LogP contribution in [0.5, 0.6) is 0 Å². The summed E-state index contributed by atoms with van der Waals surface area (Å²) in [6, 6.07) is 16.1. The quantitative estimate of drug-likeness (QED) is 0.742. The van der Waals surface area contributed by atoms with Gasteiger partial charge in [-0.1, -0.05) is 41.9 Å². The van der Waals surface area contributed by atoms with Gasteiger partial charge >= 0.3 is 6.03 Å². The van der Waals surface area contributed by atoms with Crippen LogP contribution in [-0.2, 0) is 0 Å². The van der Waals surface area contributed by atoms with Gasteiger partial charge in [0, 0.05) is 16.3 Å². The Kier molecular flexibility index (Phi) is 4.32. The van der Waals surface area contributed by atoms with Crippen molar-refractivity contribution in [3.05, 3.63) is 59.6 Å². The van der Waals surface area contributed by atoms with Gasteiger partial charge in [0.2, 0.25) is 5.95 Å². The molecule has 2 aromatic carbocycles. The number of nitrogens with zero attached hydrogens (tertiary/aromatic N) is 2. The second kappa shape index (κ2) is 6.55. The first-order valence-corrected chi connectivity index (χ1v) is 7.58. The molecule has 22 heavy (non-hydrogen) atoms. The number of anilines is 2. The van der Waals surface area contributed by atoms with Crippen LogP contribution in [0.3, 0.4) is 0 Å². The highest BCUT2D eigenvalue weighted by molar-refractivity contribution is 7.09. The molecule has 7 heteroatoms. The summed E-state index contributed by atoms with van der Waals surface area (Å²) in [4.78, 5) is 16.2. The smallest absolute Gasteiger partial charge is 0.308 e. The Balaban J connectivity index is 1.65. The van der Waals surface area contributed by atoms with Gasteiger partial charge in [-0.05, 0) is 35.8 Å². The summed E-state index contributed by atoms with van der Waals surface area (Å²) in [5.41, 5.74) is 1.60. The van der Waals surface area contributed by atoms with Crippen LogP contribution >= 0.6 is 23.1 Å². The zero-order valence-electron chi connectivity index (χ0n) is 11.3. The molecule has 3 aromatic rings. The van der Waals surface area contributed by atoms with Gasteiger partial charge in [0.25, 0.3) is 0 Å². The SMILES string of the molecule is O=C(Nc1ccc(Cl)cc1)Nc1nsc(-c2ccccc2)n1. The Bertz CT molecular complexity index is 774. The molecule has 0 atom stereocenters. The van der Waals surface area contributed by atoms with Crippen LogP contribution in [0.25, 0.3) is 10.6 Å². The van der Waals surface area contributed by atoms with E-state index in [9.17, 15) is 4.79 Å². The van der Waals surface area contributed by atoms with E-state index >= 15 is 0 Å². The number of hydrogen-bond acceptors (Lipinski definition) is 4. The summed E-state index contributed by atoms with van der Waals surface area (Å²) >= 11 is 7.02. The number of benzene rings is 2. The highest BCUT2D eigenvalue weighted by Gasteiger charge is 2.09. The first-order chi connectivity index (χ1) is 10.7. The first-order valence-electron chi connectivity index (χ1n) is 6.43. The van der Waals surface area contributed by atoms with E-state index in [0.717, 1.165) is 10.6 Å².